The average molecular weight is 519 g/mol. The zero-order chi connectivity index (χ0) is 27.1. The summed E-state index contributed by atoms with van der Waals surface area (Å²) in [4.78, 5) is 31.8. The smallest absolute Gasteiger partial charge is 0.338 e. The third kappa shape index (κ3) is 6.63. The van der Waals surface area contributed by atoms with E-state index in [1.807, 2.05) is 43.3 Å². The lowest BCUT2D eigenvalue weighted by Gasteiger charge is -2.26. The van der Waals surface area contributed by atoms with Gasteiger partial charge < -0.3 is 21.1 Å². The number of carbonyl (C=O) groups is 1. The van der Waals surface area contributed by atoms with Crippen molar-refractivity contribution >= 4 is 23.4 Å². The van der Waals surface area contributed by atoms with Crippen molar-refractivity contribution in [3.05, 3.63) is 75.5 Å². The number of carbonyl (C=O) groups excluding carboxylic acids is 1. The van der Waals surface area contributed by atoms with Gasteiger partial charge in [-0.2, -0.15) is 4.98 Å². The molecule has 10 heteroatoms. The van der Waals surface area contributed by atoms with Crippen molar-refractivity contribution in [1.82, 2.24) is 9.97 Å². The highest BCUT2D eigenvalue weighted by Gasteiger charge is 2.22. The minimum Gasteiger partial charge on any atom is -0.462 e. The molecule has 0 spiro atoms. The Balaban J connectivity index is 1.48. The first-order valence-corrected chi connectivity index (χ1v) is 13.0. The summed E-state index contributed by atoms with van der Waals surface area (Å²) >= 11 is 0. The van der Waals surface area contributed by atoms with Crippen molar-refractivity contribution in [2.45, 2.75) is 52.1 Å². The Kier molecular flexibility index (Phi) is 8.85. The van der Waals surface area contributed by atoms with Crippen molar-refractivity contribution in [1.29, 1.82) is 0 Å². The van der Waals surface area contributed by atoms with Gasteiger partial charge in [-0.1, -0.05) is 30.3 Å². The van der Waals surface area contributed by atoms with Gasteiger partial charge in [-0.05, 0) is 79.8 Å². The van der Waals surface area contributed by atoms with E-state index in [0.29, 0.717) is 37.1 Å². The number of esters is 1. The van der Waals surface area contributed by atoms with E-state index in [1.165, 1.54) is 6.20 Å². The number of rotatable bonds is 10. The van der Waals surface area contributed by atoms with Gasteiger partial charge in [-0.25, -0.2) is 9.78 Å². The number of hydrogen-bond donors (Lipinski definition) is 3. The second-order valence-electron chi connectivity index (χ2n) is 9.59. The van der Waals surface area contributed by atoms with Crippen molar-refractivity contribution in [3.63, 3.8) is 0 Å². The molecule has 1 aliphatic carbocycles. The van der Waals surface area contributed by atoms with Crippen LogP contribution in [0.25, 0.3) is 11.1 Å². The molecule has 200 valence electrons. The average Bonchev–Trinajstić information content (AvgIpc) is 2.92. The zero-order valence-electron chi connectivity index (χ0n) is 21.8. The number of nitrogens with two attached hydrogens (primary N) is 1. The highest BCUT2D eigenvalue weighted by Crippen LogP contribution is 2.29. The summed E-state index contributed by atoms with van der Waals surface area (Å²) in [5.41, 5.74) is 10.3. The molecule has 1 aliphatic rings. The molecule has 4 rings (SSSR count). The van der Waals surface area contributed by atoms with Crippen LogP contribution >= 0.6 is 0 Å². The van der Waals surface area contributed by atoms with Gasteiger partial charge in [0.15, 0.2) is 0 Å². The second-order valence-corrected chi connectivity index (χ2v) is 9.59. The van der Waals surface area contributed by atoms with E-state index < -0.39 is 4.92 Å². The normalized spacial score (nSPS) is 17.0. The van der Waals surface area contributed by atoms with Crippen LogP contribution in [0.1, 0.15) is 54.1 Å². The third-order valence-electron chi connectivity index (χ3n) is 6.98. The maximum Gasteiger partial charge on any atom is 0.338 e. The van der Waals surface area contributed by atoms with Crippen LogP contribution in [0.15, 0.2) is 48.7 Å². The molecule has 2 aromatic carbocycles. The Bertz CT molecular complexity index is 1290. The minimum atomic E-state index is -0.471. The molecule has 0 bridgehead atoms. The van der Waals surface area contributed by atoms with Gasteiger partial charge in [0.05, 0.1) is 17.1 Å². The molecule has 4 N–H and O–H groups in total. The lowest BCUT2D eigenvalue weighted by atomic mass is 9.86. The number of nitrogens with zero attached hydrogens (tertiary/aromatic N) is 3. The van der Waals surface area contributed by atoms with Gasteiger partial charge in [0.25, 0.3) is 0 Å². The van der Waals surface area contributed by atoms with E-state index in [1.54, 1.807) is 13.0 Å². The van der Waals surface area contributed by atoms with Gasteiger partial charge in [-0.15, -0.1) is 0 Å². The highest BCUT2D eigenvalue weighted by atomic mass is 16.6. The first-order valence-electron chi connectivity index (χ1n) is 13.0. The topological polar surface area (TPSA) is 145 Å². The fraction of sp³-hybridized carbons (Fsp3) is 0.393. The van der Waals surface area contributed by atoms with E-state index >= 15 is 0 Å². The molecular weight excluding hydrogens is 484 g/mol. The van der Waals surface area contributed by atoms with Crippen molar-refractivity contribution in [2.75, 3.05) is 23.8 Å². The lowest BCUT2D eigenvalue weighted by Crippen LogP contribution is -2.29. The summed E-state index contributed by atoms with van der Waals surface area (Å²) in [6.45, 7) is 5.15. The van der Waals surface area contributed by atoms with E-state index in [4.69, 9.17) is 10.5 Å². The third-order valence-corrected chi connectivity index (χ3v) is 6.98. The van der Waals surface area contributed by atoms with Crippen LogP contribution in [0, 0.1) is 23.0 Å². The highest BCUT2D eigenvalue weighted by molar-refractivity contribution is 5.91. The van der Waals surface area contributed by atoms with Crippen LogP contribution in [0.4, 0.5) is 17.5 Å². The van der Waals surface area contributed by atoms with Crippen molar-refractivity contribution < 1.29 is 14.5 Å². The van der Waals surface area contributed by atoms with Gasteiger partial charge in [-0.3, -0.25) is 10.1 Å². The van der Waals surface area contributed by atoms with Gasteiger partial charge >= 0.3 is 11.7 Å². The fourth-order valence-corrected chi connectivity index (χ4v) is 4.75. The Morgan fingerprint density at radius 2 is 1.92 bits per heavy atom. The molecule has 0 unspecified atom stereocenters. The number of nitrogens with one attached hydrogen (secondary N) is 2. The Morgan fingerprint density at radius 1 is 1.16 bits per heavy atom. The molecule has 0 atom stereocenters. The second kappa shape index (κ2) is 12.5. The first-order chi connectivity index (χ1) is 18.4. The summed E-state index contributed by atoms with van der Waals surface area (Å²) in [5.74, 6) is 0.576. The zero-order valence-corrected chi connectivity index (χ0v) is 21.8. The quantitative estimate of drug-likeness (QED) is 0.190. The molecule has 10 nitrogen and oxygen atoms in total. The van der Waals surface area contributed by atoms with Crippen LogP contribution in [0.2, 0.25) is 0 Å². The van der Waals surface area contributed by atoms with Crippen molar-refractivity contribution in [3.8, 4) is 11.1 Å². The lowest BCUT2D eigenvalue weighted by molar-refractivity contribution is -0.384. The number of hydrogen-bond acceptors (Lipinski definition) is 9. The summed E-state index contributed by atoms with van der Waals surface area (Å²) in [6, 6.07) is 13.6. The summed E-state index contributed by atoms with van der Waals surface area (Å²) < 4.78 is 5.13. The summed E-state index contributed by atoms with van der Waals surface area (Å²) in [7, 11) is 0. The predicted molar refractivity (Wildman–Crippen MR) is 147 cm³/mol. The summed E-state index contributed by atoms with van der Waals surface area (Å²) in [5, 5.41) is 17.9. The monoisotopic (exact) mass is 518 g/mol. The maximum atomic E-state index is 12.2. The van der Waals surface area contributed by atoms with Crippen molar-refractivity contribution in [2.24, 2.45) is 11.7 Å². The number of ether oxygens (including phenoxy) is 1. The SMILES string of the molecule is CCOC(=O)c1cccc(-c2cccc(CNc3ncc([N+](=O)[O-])c(NC[C@H]4CC[C@H](N)CC4)n3)c2C)c1. The van der Waals surface area contributed by atoms with Crippen LogP contribution in [-0.4, -0.2) is 40.1 Å². The Labute approximate surface area is 222 Å². The van der Waals surface area contributed by atoms with Gasteiger partial charge in [0.1, 0.15) is 6.20 Å². The van der Waals surface area contributed by atoms with E-state index in [2.05, 4.69) is 20.6 Å². The van der Waals surface area contributed by atoms with E-state index in [9.17, 15) is 14.9 Å². The Hall–Kier alpha value is -4.05. The number of aromatic nitrogens is 2. The van der Waals surface area contributed by atoms with Gasteiger partial charge in [0, 0.05) is 19.1 Å². The molecule has 0 aliphatic heterocycles. The van der Waals surface area contributed by atoms with Crippen LogP contribution in [-0.2, 0) is 11.3 Å². The minimum absolute atomic E-state index is 0.150. The molecule has 38 heavy (non-hydrogen) atoms. The molecule has 0 amide bonds. The Morgan fingerprint density at radius 3 is 2.66 bits per heavy atom. The van der Waals surface area contributed by atoms with E-state index in [0.717, 1.165) is 47.9 Å². The molecule has 0 radical (unpaired) electrons. The van der Waals surface area contributed by atoms with Gasteiger partial charge in [0.2, 0.25) is 11.8 Å². The standard InChI is InChI=1S/C28H34N6O4/c1-3-38-27(35)21-7-4-6-20(14-21)24-9-5-8-22(18(24)2)16-31-28-32-17-25(34(36)37)26(33-28)30-15-19-10-12-23(29)13-11-19/h4-9,14,17,19,23H,3,10-13,15-16,29H2,1-2H3,(H2,30,31,32,33)/t19-,23-. The molecule has 1 saturated carbocycles. The predicted octanol–water partition coefficient (Wildman–Crippen LogP) is 5.08. The first kappa shape index (κ1) is 27.0. The molecule has 1 heterocycles. The molecular formula is C28H34N6O4. The van der Waals surface area contributed by atoms with Crippen LogP contribution < -0.4 is 16.4 Å². The number of anilines is 2. The molecule has 0 saturated heterocycles. The van der Waals surface area contributed by atoms with Crippen LogP contribution in [0.3, 0.4) is 0 Å². The summed E-state index contributed by atoms with van der Waals surface area (Å²) in [6.07, 6.45) is 5.17. The van der Waals surface area contributed by atoms with Crippen LogP contribution in [0.5, 0.6) is 0 Å². The maximum absolute atomic E-state index is 12.2. The van der Waals surface area contributed by atoms with E-state index in [-0.39, 0.29) is 23.5 Å². The number of benzene rings is 2. The molecule has 1 fully saturated rings. The largest absolute Gasteiger partial charge is 0.462 e. The molecule has 3 aromatic rings. The molecule has 1 aromatic heterocycles. The number of nitro groups is 1. The fourth-order valence-electron chi connectivity index (χ4n) is 4.75.